The highest BCUT2D eigenvalue weighted by molar-refractivity contribution is 6.32. The van der Waals surface area contributed by atoms with Gasteiger partial charge in [0.2, 0.25) is 5.95 Å². The first kappa shape index (κ1) is 22.8. The van der Waals surface area contributed by atoms with E-state index in [9.17, 15) is 4.39 Å². The standard InChI is InChI=1S/C24H24Cl2FN7/c25-16-6-2-3-7-19(16)34-22(28)20-21(15-8-9-18(27)17(26)14-15)30-24(31-23(20)32-34)29-10-13-33-11-4-1-5-12-33/h2-3,6-9,14H,1,4-5,10-13,28H2,(H,29,31,32). The maximum atomic E-state index is 13.9. The topological polar surface area (TPSA) is 84.9 Å². The lowest BCUT2D eigenvalue weighted by atomic mass is 10.1. The summed E-state index contributed by atoms with van der Waals surface area (Å²) in [6.45, 7) is 3.81. The summed E-state index contributed by atoms with van der Waals surface area (Å²) in [4.78, 5) is 11.8. The van der Waals surface area contributed by atoms with Crippen LogP contribution in [0.25, 0.3) is 28.0 Å². The Morgan fingerprint density at radius 3 is 2.56 bits per heavy atom. The fourth-order valence-corrected chi connectivity index (χ4v) is 4.66. The molecule has 34 heavy (non-hydrogen) atoms. The van der Waals surface area contributed by atoms with E-state index in [4.69, 9.17) is 33.9 Å². The summed E-state index contributed by atoms with van der Waals surface area (Å²) < 4.78 is 15.4. The zero-order valence-corrected chi connectivity index (χ0v) is 20.0. The van der Waals surface area contributed by atoms with Gasteiger partial charge in [-0.3, -0.25) is 0 Å². The van der Waals surface area contributed by atoms with E-state index < -0.39 is 5.82 Å². The molecule has 0 atom stereocenters. The zero-order chi connectivity index (χ0) is 23.7. The van der Waals surface area contributed by atoms with E-state index in [1.54, 1.807) is 16.8 Å². The van der Waals surface area contributed by atoms with Gasteiger partial charge >= 0.3 is 0 Å². The van der Waals surface area contributed by atoms with Gasteiger partial charge < -0.3 is 16.0 Å². The Morgan fingerprint density at radius 1 is 1.00 bits per heavy atom. The van der Waals surface area contributed by atoms with Crippen LogP contribution < -0.4 is 11.1 Å². The van der Waals surface area contributed by atoms with Gasteiger partial charge in [-0.25, -0.2) is 14.1 Å². The number of para-hydroxylation sites is 1. The molecule has 0 aliphatic carbocycles. The van der Waals surface area contributed by atoms with Crippen molar-refractivity contribution < 1.29 is 4.39 Å². The molecule has 10 heteroatoms. The van der Waals surface area contributed by atoms with E-state index >= 15 is 0 Å². The predicted octanol–water partition coefficient (Wildman–Crippen LogP) is 5.41. The second-order valence-electron chi connectivity index (χ2n) is 8.30. The van der Waals surface area contributed by atoms with E-state index in [2.05, 4.69) is 20.3 Å². The first-order valence-corrected chi connectivity index (χ1v) is 12.0. The van der Waals surface area contributed by atoms with Crippen molar-refractivity contribution in [2.24, 2.45) is 0 Å². The molecule has 2 aromatic carbocycles. The van der Waals surface area contributed by atoms with Crippen LogP contribution in [0, 0.1) is 5.82 Å². The lowest BCUT2D eigenvalue weighted by Gasteiger charge is -2.26. The highest BCUT2D eigenvalue weighted by atomic mass is 35.5. The van der Waals surface area contributed by atoms with Crippen LogP contribution in [0.1, 0.15) is 19.3 Å². The number of nitrogens with two attached hydrogens (primary N) is 1. The predicted molar refractivity (Wildman–Crippen MR) is 135 cm³/mol. The fourth-order valence-electron chi connectivity index (χ4n) is 4.26. The Hall–Kier alpha value is -2.94. The van der Waals surface area contributed by atoms with E-state index in [0.717, 1.165) is 19.6 Å². The Morgan fingerprint density at radius 2 is 1.79 bits per heavy atom. The van der Waals surface area contributed by atoms with E-state index in [1.165, 1.54) is 31.4 Å². The smallest absolute Gasteiger partial charge is 0.225 e. The molecule has 1 fully saturated rings. The van der Waals surface area contributed by atoms with Crippen LogP contribution >= 0.6 is 23.2 Å². The minimum Gasteiger partial charge on any atom is -0.383 e. The average Bonchev–Trinajstić information content (AvgIpc) is 3.17. The molecular weight excluding hydrogens is 476 g/mol. The van der Waals surface area contributed by atoms with Gasteiger partial charge in [0.1, 0.15) is 11.6 Å². The molecule has 0 spiro atoms. The summed E-state index contributed by atoms with van der Waals surface area (Å²) in [7, 11) is 0. The maximum Gasteiger partial charge on any atom is 0.225 e. The van der Waals surface area contributed by atoms with Gasteiger partial charge in [-0.15, -0.1) is 5.10 Å². The molecule has 0 bridgehead atoms. The Balaban J connectivity index is 1.57. The first-order valence-electron chi connectivity index (χ1n) is 11.2. The van der Waals surface area contributed by atoms with Crippen LogP contribution in [0.3, 0.4) is 0 Å². The second kappa shape index (κ2) is 9.74. The molecule has 3 heterocycles. The molecule has 2 aromatic heterocycles. The lowest BCUT2D eigenvalue weighted by molar-refractivity contribution is 0.237. The third kappa shape index (κ3) is 4.53. The Bertz CT molecular complexity index is 1330. The number of anilines is 2. The first-order chi connectivity index (χ1) is 16.5. The summed E-state index contributed by atoms with van der Waals surface area (Å²) in [5.41, 5.74) is 8.69. The molecule has 176 valence electrons. The molecule has 1 saturated heterocycles. The van der Waals surface area contributed by atoms with Gasteiger partial charge in [0.25, 0.3) is 0 Å². The summed E-state index contributed by atoms with van der Waals surface area (Å²) in [6.07, 6.45) is 3.76. The highest BCUT2D eigenvalue weighted by Gasteiger charge is 2.21. The Labute approximate surface area is 206 Å². The van der Waals surface area contributed by atoms with Gasteiger partial charge in [-0.1, -0.05) is 41.8 Å². The number of nitrogen functional groups attached to an aromatic ring is 1. The number of rotatable bonds is 6. The van der Waals surface area contributed by atoms with Gasteiger partial charge in [-0.2, -0.15) is 4.98 Å². The number of fused-ring (bicyclic) bond motifs is 1. The van der Waals surface area contributed by atoms with Crippen molar-refractivity contribution in [1.29, 1.82) is 0 Å². The van der Waals surface area contributed by atoms with Crippen LogP contribution in [-0.4, -0.2) is 50.8 Å². The highest BCUT2D eigenvalue weighted by Crippen LogP contribution is 2.35. The second-order valence-corrected chi connectivity index (χ2v) is 9.12. The number of nitrogens with zero attached hydrogens (tertiary/aromatic N) is 5. The van der Waals surface area contributed by atoms with Crippen LogP contribution in [-0.2, 0) is 0 Å². The molecule has 7 nitrogen and oxygen atoms in total. The Kier molecular flexibility index (Phi) is 6.54. The average molecular weight is 500 g/mol. The quantitative estimate of drug-likeness (QED) is 0.369. The van der Waals surface area contributed by atoms with Crippen molar-refractivity contribution in [2.75, 3.05) is 37.2 Å². The van der Waals surface area contributed by atoms with Crippen molar-refractivity contribution in [1.82, 2.24) is 24.6 Å². The number of piperidine rings is 1. The van der Waals surface area contributed by atoms with E-state index in [1.807, 2.05) is 18.2 Å². The van der Waals surface area contributed by atoms with Crippen LogP contribution in [0.4, 0.5) is 16.2 Å². The monoisotopic (exact) mass is 499 g/mol. The van der Waals surface area contributed by atoms with Crippen molar-refractivity contribution in [3.05, 3.63) is 58.3 Å². The number of hydrogen-bond donors (Lipinski definition) is 2. The molecule has 0 amide bonds. The van der Waals surface area contributed by atoms with Gasteiger partial charge in [0.05, 0.1) is 26.8 Å². The molecule has 0 unspecified atom stereocenters. The summed E-state index contributed by atoms with van der Waals surface area (Å²) in [5.74, 6) is 0.248. The van der Waals surface area contributed by atoms with Gasteiger partial charge in [0, 0.05) is 18.7 Å². The van der Waals surface area contributed by atoms with Crippen LogP contribution in [0.15, 0.2) is 42.5 Å². The number of nitrogens with one attached hydrogen (secondary N) is 1. The molecule has 4 aromatic rings. The van der Waals surface area contributed by atoms with Crippen molar-refractivity contribution in [2.45, 2.75) is 19.3 Å². The number of benzene rings is 2. The SMILES string of the molecule is Nc1c2c(-c3ccc(F)c(Cl)c3)nc(NCCN3CCCCC3)nc2nn1-c1ccccc1Cl. The number of halogens is 3. The van der Waals surface area contributed by atoms with Crippen molar-refractivity contribution in [3.63, 3.8) is 0 Å². The van der Waals surface area contributed by atoms with E-state index in [0.29, 0.717) is 51.3 Å². The number of hydrogen-bond acceptors (Lipinski definition) is 6. The normalized spacial score (nSPS) is 14.6. The van der Waals surface area contributed by atoms with Crippen LogP contribution in [0.5, 0.6) is 0 Å². The molecule has 5 rings (SSSR count). The lowest BCUT2D eigenvalue weighted by Crippen LogP contribution is -2.33. The summed E-state index contributed by atoms with van der Waals surface area (Å²) in [5, 5.41) is 8.99. The summed E-state index contributed by atoms with van der Waals surface area (Å²) in [6, 6.07) is 11.7. The van der Waals surface area contributed by atoms with Gasteiger partial charge in [-0.05, 0) is 56.3 Å². The zero-order valence-electron chi connectivity index (χ0n) is 18.4. The number of likely N-dealkylation sites (tertiary alicyclic amines) is 1. The van der Waals surface area contributed by atoms with Gasteiger partial charge in [0.15, 0.2) is 5.65 Å². The third-order valence-corrected chi connectivity index (χ3v) is 6.61. The van der Waals surface area contributed by atoms with Crippen molar-refractivity contribution in [3.8, 4) is 16.9 Å². The van der Waals surface area contributed by atoms with Crippen molar-refractivity contribution >= 4 is 46.0 Å². The third-order valence-electron chi connectivity index (χ3n) is 6.00. The largest absolute Gasteiger partial charge is 0.383 e. The maximum absolute atomic E-state index is 13.9. The fraction of sp³-hybridized carbons (Fsp3) is 0.292. The number of aromatic nitrogens is 4. The molecule has 1 aliphatic heterocycles. The molecule has 3 N–H and O–H groups in total. The summed E-state index contributed by atoms with van der Waals surface area (Å²) >= 11 is 12.5. The molecular formula is C24H24Cl2FN7. The minimum atomic E-state index is -0.504. The minimum absolute atomic E-state index is 0.000868. The molecule has 0 saturated carbocycles. The molecule has 1 aliphatic rings. The van der Waals surface area contributed by atoms with Crippen LogP contribution in [0.2, 0.25) is 10.0 Å². The molecule has 0 radical (unpaired) electrons. The van der Waals surface area contributed by atoms with E-state index in [-0.39, 0.29) is 5.02 Å².